The Kier molecular flexibility index (Phi) is 4.68. The summed E-state index contributed by atoms with van der Waals surface area (Å²) in [5.41, 5.74) is 0. The second kappa shape index (κ2) is 5.97. The van der Waals surface area contributed by atoms with E-state index in [9.17, 15) is 13.2 Å². The van der Waals surface area contributed by atoms with Crippen molar-refractivity contribution in [3.63, 3.8) is 0 Å². The highest BCUT2D eigenvalue weighted by molar-refractivity contribution is 7.86. The average Bonchev–Trinajstić information content (AvgIpc) is 3.21. The minimum Gasteiger partial charge on any atom is -0.352 e. The van der Waals surface area contributed by atoms with Gasteiger partial charge < -0.3 is 5.32 Å². The Hall–Kier alpha value is -0.700. The minimum atomic E-state index is -3.34. The van der Waals surface area contributed by atoms with Gasteiger partial charge in [-0.3, -0.25) is 9.69 Å². The molecule has 2 aliphatic rings. The van der Waals surface area contributed by atoms with Gasteiger partial charge in [0.2, 0.25) is 5.91 Å². The van der Waals surface area contributed by atoms with Gasteiger partial charge in [-0.05, 0) is 19.8 Å². The van der Waals surface area contributed by atoms with Crippen molar-refractivity contribution in [1.82, 2.24) is 18.8 Å². The van der Waals surface area contributed by atoms with Crippen LogP contribution in [0.25, 0.3) is 0 Å². The molecule has 1 heterocycles. The van der Waals surface area contributed by atoms with Gasteiger partial charge in [0.05, 0.1) is 6.04 Å². The molecule has 2 rings (SSSR count). The zero-order valence-corrected chi connectivity index (χ0v) is 13.2. The molecule has 1 N–H and O–H groups in total. The largest absolute Gasteiger partial charge is 0.352 e. The monoisotopic (exact) mass is 304 g/mol. The van der Waals surface area contributed by atoms with Gasteiger partial charge in [-0.15, -0.1) is 0 Å². The smallest absolute Gasteiger partial charge is 0.281 e. The van der Waals surface area contributed by atoms with E-state index >= 15 is 0 Å². The van der Waals surface area contributed by atoms with Gasteiger partial charge in [0, 0.05) is 46.3 Å². The Morgan fingerprint density at radius 2 is 1.75 bits per heavy atom. The average molecular weight is 304 g/mol. The molecule has 0 bridgehead atoms. The summed E-state index contributed by atoms with van der Waals surface area (Å²) in [6.07, 6.45) is 2.15. The number of hydrogen-bond acceptors (Lipinski definition) is 4. The third-order valence-corrected chi connectivity index (χ3v) is 5.85. The van der Waals surface area contributed by atoms with Gasteiger partial charge in [-0.1, -0.05) is 0 Å². The summed E-state index contributed by atoms with van der Waals surface area (Å²) in [5, 5.41) is 2.99. The Balaban J connectivity index is 1.85. The molecule has 0 spiro atoms. The van der Waals surface area contributed by atoms with Crippen molar-refractivity contribution in [2.75, 3.05) is 40.3 Å². The lowest BCUT2D eigenvalue weighted by Crippen LogP contribution is -2.56. The van der Waals surface area contributed by atoms with Crippen LogP contribution in [0.4, 0.5) is 0 Å². The van der Waals surface area contributed by atoms with E-state index in [0.29, 0.717) is 32.2 Å². The molecule has 1 atom stereocenters. The number of nitrogens with one attached hydrogen (secondary N) is 1. The predicted octanol–water partition coefficient (Wildman–Crippen LogP) is -0.922. The lowest BCUT2D eigenvalue weighted by molar-refractivity contribution is -0.126. The standard InChI is InChI=1S/C12H24N4O3S/c1-10(12(17)13-11-4-5-11)15-6-8-16(9-7-15)20(18,19)14(2)3/h10-11H,4-9H2,1-3H3,(H,13,17)/t10-/m1/s1. The molecule has 0 unspecified atom stereocenters. The maximum absolute atomic E-state index is 12.0. The summed E-state index contributed by atoms with van der Waals surface area (Å²) in [5.74, 6) is 0.0522. The number of amides is 1. The van der Waals surface area contributed by atoms with Crippen molar-refractivity contribution in [2.45, 2.75) is 31.8 Å². The van der Waals surface area contributed by atoms with Gasteiger partial charge in [-0.25, -0.2) is 0 Å². The van der Waals surface area contributed by atoms with Crippen molar-refractivity contribution in [3.05, 3.63) is 0 Å². The first-order valence-electron chi connectivity index (χ1n) is 7.04. The second-order valence-electron chi connectivity index (χ2n) is 5.68. The summed E-state index contributed by atoms with van der Waals surface area (Å²) in [6.45, 7) is 3.93. The quantitative estimate of drug-likeness (QED) is 0.713. The number of hydrogen-bond donors (Lipinski definition) is 1. The van der Waals surface area contributed by atoms with Crippen molar-refractivity contribution in [1.29, 1.82) is 0 Å². The fourth-order valence-corrected chi connectivity index (χ4v) is 3.35. The summed E-state index contributed by atoms with van der Waals surface area (Å²) in [6, 6.07) is 0.167. The Bertz CT molecular complexity index is 453. The highest BCUT2D eigenvalue weighted by Crippen LogP contribution is 2.19. The number of piperazine rings is 1. The molecule has 2 fully saturated rings. The van der Waals surface area contributed by atoms with Crippen LogP contribution in [0.2, 0.25) is 0 Å². The van der Waals surface area contributed by atoms with Crippen molar-refractivity contribution < 1.29 is 13.2 Å². The van der Waals surface area contributed by atoms with Crippen LogP contribution in [0.1, 0.15) is 19.8 Å². The van der Waals surface area contributed by atoms with E-state index in [0.717, 1.165) is 12.8 Å². The SMILES string of the molecule is C[C@H](C(=O)NC1CC1)N1CCN(S(=O)(=O)N(C)C)CC1. The van der Waals surface area contributed by atoms with Crippen LogP contribution in [0.15, 0.2) is 0 Å². The molecule has 1 saturated carbocycles. The normalized spacial score (nSPS) is 23.8. The zero-order chi connectivity index (χ0) is 14.9. The molecule has 20 heavy (non-hydrogen) atoms. The molecule has 8 heteroatoms. The van der Waals surface area contributed by atoms with E-state index in [1.807, 2.05) is 11.8 Å². The summed E-state index contributed by atoms with van der Waals surface area (Å²) < 4.78 is 26.7. The van der Waals surface area contributed by atoms with E-state index in [1.54, 1.807) is 0 Å². The van der Waals surface area contributed by atoms with Crippen LogP contribution >= 0.6 is 0 Å². The maximum Gasteiger partial charge on any atom is 0.281 e. The van der Waals surface area contributed by atoms with Gasteiger partial charge in [0.15, 0.2) is 0 Å². The molecular formula is C12H24N4O3S. The second-order valence-corrected chi connectivity index (χ2v) is 7.83. The maximum atomic E-state index is 12.0. The fraction of sp³-hybridized carbons (Fsp3) is 0.917. The molecular weight excluding hydrogens is 280 g/mol. The van der Waals surface area contributed by atoms with Crippen LogP contribution in [0.3, 0.4) is 0 Å². The van der Waals surface area contributed by atoms with Crippen LogP contribution in [-0.4, -0.2) is 80.2 Å². The highest BCUT2D eigenvalue weighted by atomic mass is 32.2. The van der Waals surface area contributed by atoms with Gasteiger partial charge >= 0.3 is 0 Å². The lowest BCUT2D eigenvalue weighted by Gasteiger charge is -2.37. The van der Waals surface area contributed by atoms with Crippen LogP contribution in [0.5, 0.6) is 0 Å². The molecule has 1 saturated heterocycles. The molecule has 1 amide bonds. The first kappa shape index (κ1) is 15.7. The van der Waals surface area contributed by atoms with E-state index in [4.69, 9.17) is 0 Å². The van der Waals surface area contributed by atoms with Gasteiger partial charge in [-0.2, -0.15) is 17.0 Å². The van der Waals surface area contributed by atoms with Crippen LogP contribution in [0, 0.1) is 0 Å². The number of rotatable bonds is 5. The summed E-state index contributed by atoms with van der Waals surface area (Å²) >= 11 is 0. The van der Waals surface area contributed by atoms with E-state index in [-0.39, 0.29) is 11.9 Å². The van der Waals surface area contributed by atoms with Crippen LogP contribution in [-0.2, 0) is 15.0 Å². The van der Waals surface area contributed by atoms with Gasteiger partial charge in [0.1, 0.15) is 0 Å². The molecule has 1 aliphatic carbocycles. The summed E-state index contributed by atoms with van der Waals surface area (Å²) in [7, 11) is -0.269. The molecule has 1 aliphatic heterocycles. The van der Waals surface area contributed by atoms with E-state index in [1.165, 1.54) is 22.7 Å². The van der Waals surface area contributed by atoms with E-state index in [2.05, 4.69) is 5.32 Å². The number of nitrogens with zero attached hydrogens (tertiary/aromatic N) is 3. The Labute approximate surface area is 121 Å². The van der Waals surface area contributed by atoms with Crippen molar-refractivity contribution >= 4 is 16.1 Å². The number of carbonyl (C=O) groups is 1. The van der Waals surface area contributed by atoms with Gasteiger partial charge in [0.25, 0.3) is 10.2 Å². The zero-order valence-electron chi connectivity index (χ0n) is 12.4. The fourth-order valence-electron chi connectivity index (χ4n) is 2.27. The topological polar surface area (TPSA) is 73.0 Å². The molecule has 0 aromatic rings. The Morgan fingerprint density at radius 3 is 2.20 bits per heavy atom. The minimum absolute atomic E-state index is 0.0522. The van der Waals surface area contributed by atoms with Crippen molar-refractivity contribution in [2.24, 2.45) is 0 Å². The number of carbonyl (C=O) groups excluding carboxylic acids is 1. The van der Waals surface area contributed by atoms with Crippen LogP contribution < -0.4 is 5.32 Å². The van der Waals surface area contributed by atoms with Crippen molar-refractivity contribution in [3.8, 4) is 0 Å². The molecule has 0 aromatic carbocycles. The molecule has 0 aromatic heterocycles. The third kappa shape index (κ3) is 3.49. The lowest BCUT2D eigenvalue weighted by atomic mass is 10.2. The predicted molar refractivity (Wildman–Crippen MR) is 76.4 cm³/mol. The molecule has 116 valence electrons. The summed E-state index contributed by atoms with van der Waals surface area (Å²) in [4.78, 5) is 14.0. The molecule has 7 nitrogen and oxygen atoms in total. The first-order valence-corrected chi connectivity index (χ1v) is 8.44. The highest BCUT2D eigenvalue weighted by Gasteiger charge is 2.33. The Morgan fingerprint density at radius 1 is 1.20 bits per heavy atom. The first-order chi connectivity index (χ1) is 9.32. The van der Waals surface area contributed by atoms with E-state index < -0.39 is 10.2 Å². The molecule has 0 radical (unpaired) electrons. The third-order valence-electron chi connectivity index (χ3n) is 3.91.